The number of aryl methyl sites for hydroxylation is 2. The zero-order chi connectivity index (χ0) is 12.5. The molecule has 0 amide bonds. The van der Waals surface area contributed by atoms with Gasteiger partial charge in [0.15, 0.2) is 0 Å². The molecule has 0 saturated heterocycles. The highest BCUT2D eigenvalue weighted by molar-refractivity contribution is 5.60. The highest BCUT2D eigenvalue weighted by Crippen LogP contribution is 2.29. The van der Waals surface area contributed by atoms with Gasteiger partial charge >= 0.3 is 5.69 Å². The molecule has 0 aromatic carbocycles. The Morgan fingerprint density at radius 3 is 2.62 bits per heavy atom. The second-order valence-electron chi connectivity index (χ2n) is 4.33. The lowest BCUT2D eigenvalue weighted by molar-refractivity contribution is -0.384. The fourth-order valence-electron chi connectivity index (χ4n) is 1.37. The van der Waals surface area contributed by atoms with Crippen LogP contribution in [0.2, 0.25) is 0 Å². The number of aliphatic hydroxyl groups excluding tert-OH is 1. The number of nitrogens with zero attached hydrogens (tertiary/aromatic N) is 3. The Bertz CT molecular complexity index is 411. The van der Waals surface area contributed by atoms with E-state index in [0.29, 0.717) is 11.5 Å². The molecular formula is C9H16N4O3. The number of nitrogens with one attached hydrogen (secondary N) is 1. The molecule has 7 heteroatoms. The van der Waals surface area contributed by atoms with Crippen LogP contribution in [0.5, 0.6) is 0 Å². The third-order valence-corrected chi connectivity index (χ3v) is 2.23. The van der Waals surface area contributed by atoms with E-state index in [0.717, 1.165) is 0 Å². The van der Waals surface area contributed by atoms with Crippen molar-refractivity contribution in [3.63, 3.8) is 0 Å². The third-order valence-electron chi connectivity index (χ3n) is 2.23. The first kappa shape index (κ1) is 12.4. The van der Waals surface area contributed by atoms with Gasteiger partial charge in [-0.25, -0.2) is 4.68 Å². The summed E-state index contributed by atoms with van der Waals surface area (Å²) >= 11 is 0. The fourth-order valence-corrected chi connectivity index (χ4v) is 1.37. The molecule has 0 saturated carbocycles. The molecule has 0 unspecified atom stereocenters. The molecule has 1 heterocycles. The lowest BCUT2D eigenvalue weighted by Crippen LogP contribution is -2.36. The maximum Gasteiger partial charge on any atom is 0.333 e. The molecule has 0 atom stereocenters. The third kappa shape index (κ3) is 2.30. The summed E-state index contributed by atoms with van der Waals surface area (Å²) in [6.45, 7) is 4.95. The Hall–Kier alpha value is -1.63. The smallest absolute Gasteiger partial charge is 0.333 e. The van der Waals surface area contributed by atoms with Crippen molar-refractivity contribution in [2.45, 2.75) is 26.3 Å². The molecule has 0 aliphatic rings. The number of aliphatic hydroxyl groups is 1. The van der Waals surface area contributed by atoms with E-state index in [1.165, 1.54) is 4.68 Å². The number of aromatic nitrogens is 2. The topological polar surface area (TPSA) is 93.2 Å². The van der Waals surface area contributed by atoms with E-state index >= 15 is 0 Å². The summed E-state index contributed by atoms with van der Waals surface area (Å²) in [5.74, 6) is 0.307. The van der Waals surface area contributed by atoms with Crippen LogP contribution < -0.4 is 5.32 Å². The van der Waals surface area contributed by atoms with E-state index in [2.05, 4.69) is 10.4 Å². The van der Waals surface area contributed by atoms with Crippen molar-refractivity contribution in [3.05, 3.63) is 15.8 Å². The number of anilines is 1. The summed E-state index contributed by atoms with van der Waals surface area (Å²) in [4.78, 5) is 10.4. The Morgan fingerprint density at radius 2 is 2.19 bits per heavy atom. The number of nitro groups is 1. The molecule has 1 aromatic rings. The summed E-state index contributed by atoms with van der Waals surface area (Å²) in [6.07, 6.45) is 0. The van der Waals surface area contributed by atoms with E-state index in [1.54, 1.807) is 27.8 Å². The van der Waals surface area contributed by atoms with Crippen LogP contribution in [-0.2, 0) is 7.05 Å². The van der Waals surface area contributed by atoms with Gasteiger partial charge in [-0.05, 0) is 20.8 Å². The van der Waals surface area contributed by atoms with Crippen molar-refractivity contribution in [1.29, 1.82) is 0 Å². The SMILES string of the molecule is Cc1nn(C)c(NC(C)(C)CO)c1[N+](=O)[O-]. The van der Waals surface area contributed by atoms with Crippen LogP contribution in [0.15, 0.2) is 0 Å². The Kier molecular flexibility index (Phi) is 3.18. The van der Waals surface area contributed by atoms with E-state index in [1.807, 2.05) is 0 Å². The Morgan fingerprint density at radius 1 is 1.62 bits per heavy atom. The monoisotopic (exact) mass is 228 g/mol. The second kappa shape index (κ2) is 4.09. The molecular weight excluding hydrogens is 212 g/mol. The minimum absolute atomic E-state index is 0.0518. The van der Waals surface area contributed by atoms with Crippen molar-refractivity contribution in [2.24, 2.45) is 7.05 Å². The van der Waals surface area contributed by atoms with E-state index in [9.17, 15) is 10.1 Å². The van der Waals surface area contributed by atoms with E-state index < -0.39 is 10.5 Å². The number of rotatable bonds is 4. The quantitative estimate of drug-likeness (QED) is 0.587. The van der Waals surface area contributed by atoms with Crippen LogP contribution in [0, 0.1) is 17.0 Å². The predicted molar refractivity (Wildman–Crippen MR) is 59.4 cm³/mol. The molecule has 90 valence electrons. The van der Waals surface area contributed by atoms with Crippen molar-refractivity contribution >= 4 is 11.5 Å². The fraction of sp³-hybridized carbons (Fsp3) is 0.667. The summed E-state index contributed by atoms with van der Waals surface area (Å²) in [5.41, 5.74) is -0.335. The van der Waals surface area contributed by atoms with Crippen molar-refractivity contribution in [3.8, 4) is 0 Å². The van der Waals surface area contributed by atoms with Gasteiger partial charge in [-0.15, -0.1) is 0 Å². The Balaban J connectivity index is 3.18. The standard InChI is InChI=1S/C9H16N4O3/c1-6-7(13(15)16)8(12(4)11-6)10-9(2,3)5-14/h10,14H,5H2,1-4H3. The number of hydrogen-bond donors (Lipinski definition) is 2. The van der Waals surface area contributed by atoms with Crippen LogP contribution in [-0.4, -0.2) is 32.0 Å². The summed E-state index contributed by atoms with van der Waals surface area (Å²) in [7, 11) is 1.62. The van der Waals surface area contributed by atoms with Gasteiger partial charge in [-0.1, -0.05) is 0 Å². The highest BCUT2D eigenvalue weighted by atomic mass is 16.6. The summed E-state index contributed by atoms with van der Waals surface area (Å²) in [6, 6.07) is 0. The predicted octanol–water partition coefficient (Wildman–Crippen LogP) is 0.820. The van der Waals surface area contributed by atoms with Crippen LogP contribution in [0.25, 0.3) is 0 Å². The zero-order valence-electron chi connectivity index (χ0n) is 9.81. The Labute approximate surface area is 93.2 Å². The molecule has 0 aliphatic heterocycles. The van der Waals surface area contributed by atoms with Gasteiger partial charge in [0, 0.05) is 7.05 Å². The summed E-state index contributed by atoms with van der Waals surface area (Å²) < 4.78 is 1.41. The van der Waals surface area contributed by atoms with Gasteiger partial charge in [0.05, 0.1) is 17.1 Å². The van der Waals surface area contributed by atoms with E-state index in [-0.39, 0.29) is 12.3 Å². The molecule has 2 N–H and O–H groups in total. The van der Waals surface area contributed by atoms with Gasteiger partial charge in [0.25, 0.3) is 0 Å². The molecule has 0 radical (unpaired) electrons. The average Bonchev–Trinajstić information content (AvgIpc) is 2.41. The van der Waals surface area contributed by atoms with Gasteiger partial charge in [-0.3, -0.25) is 10.1 Å². The molecule has 1 aromatic heterocycles. The van der Waals surface area contributed by atoms with Crippen LogP contribution in [0.1, 0.15) is 19.5 Å². The maximum atomic E-state index is 10.9. The van der Waals surface area contributed by atoms with Crippen molar-refractivity contribution in [1.82, 2.24) is 9.78 Å². The minimum atomic E-state index is -0.634. The van der Waals surface area contributed by atoms with Gasteiger partial charge in [-0.2, -0.15) is 5.10 Å². The van der Waals surface area contributed by atoms with E-state index in [4.69, 9.17) is 5.11 Å². The first-order chi connectivity index (χ1) is 7.28. The first-order valence-electron chi connectivity index (χ1n) is 4.85. The lowest BCUT2D eigenvalue weighted by atomic mass is 10.1. The van der Waals surface area contributed by atoms with Crippen LogP contribution >= 0.6 is 0 Å². The maximum absolute atomic E-state index is 10.9. The highest BCUT2D eigenvalue weighted by Gasteiger charge is 2.28. The minimum Gasteiger partial charge on any atom is -0.394 e. The largest absolute Gasteiger partial charge is 0.394 e. The zero-order valence-corrected chi connectivity index (χ0v) is 9.81. The first-order valence-corrected chi connectivity index (χ1v) is 4.85. The summed E-state index contributed by atoms with van der Waals surface area (Å²) in [5, 5.41) is 26.9. The molecule has 16 heavy (non-hydrogen) atoms. The molecule has 0 spiro atoms. The van der Waals surface area contributed by atoms with Crippen LogP contribution in [0.3, 0.4) is 0 Å². The molecule has 0 fully saturated rings. The van der Waals surface area contributed by atoms with Crippen molar-refractivity contribution < 1.29 is 10.0 Å². The molecule has 1 rings (SSSR count). The molecule has 7 nitrogen and oxygen atoms in total. The lowest BCUT2D eigenvalue weighted by Gasteiger charge is -2.24. The van der Waals surface area contributed by atoms with Crippen molar-refractivity contribution in [2.75, 3.05) is 11.9 Å². The van der Waals surface area contributed by atoms with Gasteiger partial charge in [0.2, 0.25) is 5.82 Å². The molecule has 0 aliphatic carbocycles. The average molecular weight is 228 g/mol. The second-order valence-corrected chi connectivity index (χ2v) is 4.33. The van der Waals surface area contributed by atoms with Gasteiger partial charge < -0.3 is 10.4 Å². The van der Waals surface area contributed by atoms with Crippen LogP contribution in [0.4, 0.5) is 11.5 Å². The van der Waals surface area contributed by atoms with Gasteiger partial charge in [0.1, 0.15) is 5.69 Å². The molecule has 0 bridgehead atoms. The number of hydrogen-bond acceptors (Lipinski definition) is 5. The normalized spacial score (nSPS) is 11.6.